The summed E-state index contributed by atoms with van der Waals surface area (Å²) in [6.07, 6.45) is 2.65. The van der Waals surface area contributed by atoms with Crippen LogP contribution in [0.3, 0.4) is 0 Å². The number of rotatable bonds is 3. The molecule has 78 valence electrons. The van der Waals surface area contributed by atoms with Crippen LogP contribution in [-0.2, 0) is 0 Å². The van der Waals surface area contributed by atoms with Crippen LogP contribution in [0.5, 0.6) is 5.75 Å². The molecule has 0 unspecified atom stereocenters. The topological polar surface area (TPSA) is 12.5 Å². The van der Waals surface area contributed by atoms with Gasteiger partial charge in [0.2, 0.25) is 0 Å². The summed E-state index contributed by atoms with van der Waals surface area (Å²) < 4.78 is 5.18. The van der Waals surface area contributed by atoms with Crippen LogP contribution in [0.1, 0.15) is 12.8 Å². The Kier molecular flexibility index (Phi) is 3.64. The number of hydrogen-bond acceptors (Lipinski definition) is 2. The average molecular weight is 214 g/mol. The van der Waals surface area contributed by atoms with Crippen LogP contribution in [0.15, 0.2) is 24.3 Å². The second kappa shape index (κ2) is 4.56. The van der Waals surface area contributed by atoms with E-state index >= 15 is 0 Å². The zero-order valence-corrected chi connectivity index (χ0v) is 9.38. The van der Waals surface area contributed by atoms with Crippen molar-refractivity contribution in [3.05, 3.63) is 24.3 Å². The van der Waals surface area contributed by atoms with E-state index in [1.54, 1.807) is 7.11 Å². The van der Waals surface area contributed by atoms with Gasteiger partial charge >= 0.3 is 0 Å². The number of methoxy groups -OCH3 is 1. The van der Waals surface area contributed by atoms with Crippen molar-refractivity contribution in [3.8, 4) is 5.75 Å². The smallest absolute Gasteiger partial charge is 0.120 e. The normalized spacial score (nSPS) is 14.4. The van der Waals surface area contributed by atoms with E-state index in [0.29, 0.717) is 0 Å². The summed E-state index contributed by atoms with van der Waals surface area (Å²) in [5, 5.41) is 0. The number of benzene rings is 1. The average Bonchev–Trinajstić information content (AvgIpc) is 3.00. The van der Waals surface area contributed by atoms with E-state index in [9.17, 15) is 0 Å². The SMILES string of the molecule is COc1cccc(N(C)C2CC2)c1.Cl. The lowest BCUT2D eigenvalue weighted by Gasteiger charge is -2.18. The van der Waals surface area contributed by atoms with Gasteiger partial charge in [-0.25, -0.2) is 0 Å². The van der Waals surface area contributed by atoms with Gasteiger partial charge in [-0.1, -0.05) is 6.07 Å². The van der Waals surface area contributed by atoms with Crippen LogP contribution in [0.25, 0.3) is 0 Å². The van der Waals surface area contributed by atoms with Gasteiger partial charge in [0.1, 0.15) is 5.75 Å². The largest absolute Gasteiger partial charge is 0.497 e. The van der Waals surface area contributed by atoms with E-state index in [1.807, 2.05) is 12.1 Å². The fourth-order valence-corrected chi connectivity index (χ4v) is 1.50. The van der Waals surface area contributed by atoms with Crippen LogP contribution in [-0.4, -0.2) is 20.2 Å². The van der Waals surface area contributed by atoms with Crippen LogP contribution in [0.2, 0.25) is 0 Å². The lowest BCUT2D eigenvalue weighted by molar-refractivity contribution is 0.415. The molecule has 1 aliphatic rings. The fraction of sp³-hybridized carbons (Fsp3) is 0.455. The third kappa shape index (κ3) is 2.32. The minimum Gasteiger partial charge on any atom is -0.497 e. The molecule has 0 spiro atoms. The van der Waals surface area contributed by atoms with Crippen molar-refractivity contribution < 1.29 is 4.74 Å². The Balaban J connectivity index is 0.000000980. The molecule has 1 aromatic rings. The zero-order chi connectivity index (χ0) is 9.26. The molecule has 0 aliphatic heterocycles. The Hall–Kier alpha value is -0.890. The first-order chi connectivity index (χ1) is 6.31. The molecule has 1 fully saturated rings. The van der Waals surface area contributed by atoms with Crippen molar-refractivity contribution in [2.45, 2.75) is 18.9 Å². The van der Waals surface area contributed by atoms with E-state index in [-0.39, 0.29) is 12.4 Å². The van der Waals surface area contributed by atoms with Crippen molar-refractivity contribution in [1.82, 2.24) is 0 Å². The molecule has 0 saturated heterocycles. The molecule has 0 amide bonds. The molecule has 0 atom stereocenters. The summed E-state index contributed by atoms with van der Waals surface area (Å²) in [5.74, 6) is 0.935. The maximum absolute atomic E-state index is 5.18. The van der Waals surface area contributed by atoms with Gasteiger partial charge in [-0.2, -0.15) is 0 Å². The molecule has 2 nitrogen and oxygen atoms in total. The van der Waals surface area contributed by atoms with Gasteiger partial charge in [0.15, 0.2) is 0 Å². The highest BCUT2D eigenvalue weighted by Crippen LogP contribution is 2.31. The Morgan fingerprint density at radius 3 is 2.64 bits per heavy atom. The highest BCUT2D eigenvalue weighted by molar-refractivity contribution is 5.85. The van der Waals surface area contributed by atoms with E-state index in [2.05, 4.69) is 24.1 Å². The molecule has 2 rings (SSSR count). The lowest BCUT2D eigenvalue weighted by Crippen LogP contribution is -2.19. The molecule has 0 bridgehead atoms. The Labute approximate surface area is 91.3 Å². The van der Waals surface area contributed by atoms with Crippen LogP contribution >= 0.6 is 12.4 Å². The van der Waals surface area contributed by atoms with Gasteiger partial charge in [0.05, 0.1) is 7.11 Å². The third-order valence-electron chi connectivity index (χ3n) is 2.56. The lowest BCUT2D eigenvalue weighted by atomic mass is 10.3. The fourth-order valence-electron chi connectivity index (χ4n) is 1.50. The van der Waals surface area contributed by atoms with Crippen molar-refractivity contribution in [2.75, 3.05) is 19.1 Å². The van der Waals surface area contributed by atoms with E-state index in [0.717, 1.165) is 11.8 Å². The number of nitrogens with zero attached hydrogens (tertiary/aromatic N) is 1. The molecular formula is C11H16ClNO. The summed E-state index contributed by atoms with van der Waals surface area (Å²) in [5.41, 5.74) is 1.25. The highest BCUT2D eigenvalue weighted by Gasteiger charge is 2.26. The first-order valence-electron chi connectivity index (χ1n) is 4.68. The van der Waals surface area contributed by atoms with Crippen molar-refractivity contribution in [2.24, 2.45) is 0 Å². The first-order valence-corrected chi connectivity index (χ1v) is 4.68. The van der Waals surface area contributed by atoms with Crippen LogP contribution in [0, 0.1) is 0 Å². The molecule has 1 saturated carbocycles. The maximum Gasteiger partial charge on any atom is 0.120 e. The number of halogens is 1. The van der Waals surface area contributed by atoms with Gasteiger partial charge in [0.25, 0.3) is 0 Å². The molecule has 14 heavy (non-hydrogen) atoms. The number of ether oxygens (including phenoxy) is 1. The first kappa shape index (κ1) is 11.2. The predicted octanol–water partition coefficient (Wildman–Crippen LogP) is 2.72. The second-order valence-corrected chi connectivity index (χ2v) is 3.54. The van der Waals surface area contributed by atoms with E-state index in [4.69, 9.17) is 4.74 Å². The van der Waals surface area contributed by atoms with Gasteiger partial charge in [-0.15, -0.1) is 12.4 Å². The monoisotopic (exact) mass is 213 g/mol. The van der Waals surface area contributed by atoms with Gasteiger partial charge in [-0.05, 0) is 25.0 Å². The summed E-state index contributed by atoms with van der Waals surface area (Å²) in [6.45, 7) is 0. The van der Waals surface area contributed by atoms with Crippen molar-refractivity contribution in [3.63, 3.8) is 0 Å². The van der Waals surface area contributed by atoms with E-state index in [1.165, 1.54) is 18.5 Å². The Morgan fingerprint density at radius 1 is 1.36 bits per heavy atom. The minimum atomic E-state index is 0. The molecule has 3 heteroatoms. The van der Waals surface area contributed by atoms with Gasteiger partial charge in [-0.3, -0.25) is 0 Å². The van der Waals surface area contributed by atoms with E-state index < -0.39 is 0 Å². The molecule has 0 aromatic heterocycles. The van der Waals surface area contributed by atoms with Crippen LogP contribution < -0.4 is 9.64 Å². The van der Waals surface area contributed by atoms with Gasteiger partial charge in [0, 0.05) is 24.8 Å². The Morgan fingerprint density at radius 2 is 2.07 bits per heavy atom. The second-order valence-electron chi connectivity index (χ2n) is 3.54. The summed E-state index contributed by atoms with van der Waals surface area (Å²) in [4.78, 5) is 2.32. The number of hydrogen-bond donors (Lipinski definition) is 0. The summed E-state index contributed by atoms with van der Waals surface area (Å²) in [6, 6.07) is 8.98. The quantitative estimate of drug-likeness (QED) is 0.766. The summed E-state index contributed by atoms with van der Waals surface area (Å²) >= 11 is 0. The summed E-state index contributed by atoms with van der Waals surface area (Å²) in [7, 11) is 3.85. The molecular weight excluding hydrogens is 198 g/mol. The minimum absolute atomic E-state index is 0. The molecule has 1 aromatic carbocycles. The van der Waals surface area contributed by atoms with Crippen molar-refractivity contribution >= 4 is 18.1 Å². The van der Waals surface area contributed by atoms with Crippen molar-refractivity contribution in [1.29, 1.82) is 0 Å². The molecule has 1 aliphatic carbocycles. The number of anilines is 1. The van der Waals surface area contributed by atoms with Gasteiger partial charge < -0.3 is 9.64 Å². The zero-order valence-electron chi connectivity index (χ0n) is 8.56. The highest BCUT2D eigenvalue weighted by atomic mass is 35.5. The molecule has 0 heterocycles. The predicted molar refractivity (Wildman–Crippen MR) is 61.7 cm³/mol. The van der Waals surface area contributed by atoms with Crippen LogP contribution in [0.4, 0.5) is 5.69 Å². The third-order valence-corrected chi connectivity index (χ3v) is 2.56. The molecule has 0 radical (unpaired) electrons. The maximum atomic E-state index is 5.18. The standard InChI is InChI=1S/C11H15NO.ClH/c1-12(9-6-7-9)10-4-3-5-11(8-10)13-2;/h3-5,8-9H,6-7H2,1-2H3;1H. The Bertz CT molecular complexity index is 299. The molecule has 0 N–H and O–H groups in total.